The Balaban J connectivity index is 2.12. The number of rotatable bonds is 11. The Morgan fingerprint density at radius 3 is 1.43 bits per heavy atom. The van der Waals surface area contributed by atoms with Gasteiger partial charge in [-0.25, -0.2) is 0 Å². The molecule has 0 bridgehead atoms. The molecule has 2 N–H and O–H groups in total. The van der Waals surface area contributed by atoms with Gasteiger partial charge in [-0.05, 0) is 0 Å². The quantitative estimate of drug-likeness (QED) is 0.213. The molecule has 0 unspecified atom stereocenters. The van der Waals surface area contributed by atoms with Crippen LogP contribution in [0.5, 0.6) is 0 Å². The summed E-state index contributed by atoms with van der Waals surface area (Å²) in [5.41, 5.74) is 1.60. The number of hydrogen-bond acceptors (Lipinski definition) is 6. The number of aliphatic carboxylic acids is 2. The summed E-state index contributed by atoms with van der Waals surface area (Å²) in [6, 6.07) is -1.39. The van der Waals surface area contributed by atoms with Crippen molar-refractivity contribution < 1.29 is 28.8 Å². The number of aromatic amines is 2. The van der Waals surface area contributed by atoms with E-state index in [4.69, 9.17) is 0 Å². The van der Waals surface area contributed by atoms with Crippen molar-refractivity contribution in [2.75, 3.05) is 42.3 Å². The average molecular weight is 550 g/mol. The molecule has 0 aliphatic rings. The van der Waals surface area contributed by atoms with E-state index in [-0.39, 0.29) is 35.2 Å². The number of likely N-dealkylation sites (N-methyl/N-ethyl adjacent to an activating group) is 2. The van der Waals surface area contributed by atoms with E-state index in [1.54, 1.807) is 12.7 Å². The van der Waals surface area contributed by atoms with Crippen molar-refractivity contribution in [1.82, 2.24) is 19.9 Å². The summed E-state index contributed by atoms with van der Waals surface area (Å²) in [5.74, 6) is -2.19. The summed E-state index contributed by atoms with van der Waals surface area (Å²) >= 11 is -0.0809. The summed E-state index contributed by atoms with van der Waals surface area (Å²) in [6.45, 7) is 0. The van der Waals surface area contributed by atoms with E-state index in [0.29, 0.717) is 12.8 Å². The average Bonchev–Trinajstić information content (AvgIpc) is 3.21. The maximum absolute atomic E-state index is 11.6. The molecule has 0 amide bonds. The molecule has 2 atom stereocenters. The fourth-order valence-corrected chi connectivity index (χ4v) is 9.47. The molecule has 0 saturated carbocycles. The molecule has 2 aromatic heterocycles. The van der Waals surface area contributed by atoms with Gasteiger partial charge in [0.05, 0.1) is 0 Å². The van der Waals surface area contributed by atoms with Gasteiger partial charge in [0.2, 0.25) is 0 Å². The van der Waals surface area contributed by atoms with Gasteiger partial charge in [0, 0.05) is 0 Å². The Morgan fingerprint density at radius 1 is 0.833 bits per heavy atom. The molecule has 2 aromatic rings. The summed E-state index contributed by atoms with van der Waals surface area (Å²) in [6.07, 6.45) is 3.78. The van der Waals surface area contributed by atoms with E-state index in [1.807, 2.05) is 42.3 Å². The summed E-state index contributed by atoms with van der Waals surface area (Å²) in [5, 5.41) is 23.2. The van der Waals surface area contributed by atoms with Crippen LogP contribution in [-0.4, -0.2) is 121 Å². The van der Waals surface area contributed by atoms with Gasteiger partial charge >= 0.3 is 187 Å². The number of carboxylic acids is 2. The van der Waals surface area contributed by atoms with E-state index in [2.05, 4.69) is 19.9 Å². The number of quaternary nitrogens is 2. The zero-order chi connectivity index (χ0) is 22.7. The normalized spacial score (nSPS) is 14.5. The summed E-state index contributed by atoms with van der Waals surface area (Å²) < 4.78 is 2.22. The number of aromatic nitrogens is 4. The first-order valence-electron chi connectivity index (χ1n) is 9.23. The maximum atomic E-state index is 11.6. The number of imidazole rings is 2. The number of nitrogens with zero attached hydrogens (tertiary/aromatic N) is 4. The Kier molecular flexibility index (Phi) is 7.90. The molecule has 0 aromatic carbocycles. The second-order valence-corrected chi connectivity index (χ2v) is 14.8. The van der Waals surface area contributed by atoms with Crippen LogP contribution in [-0.2, 0) is 22.4 Å². The number of carbonyl (C=O) groups is 2. The molecule has 0 radical (unpaired) electrons. The molecule has 0 fully saturated rings. The predicted octanol–water partition coefficient (Wildman–Crippen LogP) is -4.86. The number of hydrogen-bond donors (Lipinski definition) is 2. The van der Waals surface area contributed by atoms with Gasteiger partial charge in [0.1, 0.15) is 0 Å². The van der Waals surface area contributed by atoms with E-state index in [9.17, 15) is 19.8 Å². The second-order valence-electron chi connectivity index (χ2n) is 8.85. The van der Waals surface area contributed by atoms with Crippen LogP contribution in [0.15, 0.2) is 12.7 Å². The van der Waals surface area contributed by atoms with Crippen molar-refractivity contribution in [3.05, 3.63) is 24.0 Å². The second kappa shape index (κ2) is 9.63. The minimum atomic E-state index is -1.09. The van der Waals surface area contributed by atoms with Crippen LogP contribution in [0.2, 0.25) is 0 Å². The monoisotopic (exact) mass is 552 g/mol. The molecular formula is C18H28N6O4Se2. The van der Waals surface area contributed by atoms with Crippen molar-refractivity contribution in [3.8, 4) is 0 Å². The van der Waals surface area contributed by atoms with Crippen molar-refractivity contribution >= 4 is 47.4 Å². The van der Waals surface area contributed by atoms with E-state index in [0.717, 1.165) is 20.6 Å². The van der Waals surface area contributed by atoms with Crippen molar-refractivity contribution in [1.29, 1.82) is 0 Å². The predicted molar refractivity (Wildman–Crippen MR) is 109 cm³/mol. The third-order valence-electron chi connectivity index (χ3n) is 4.77. The molecular weight excluding hydrogens is 522 g/mol. The van der Waals surface area contributed by atoms with Crippen molar-refractivity contribution in [2.24, 2.45) is 0 Å². The number of nitrogens with one attached hydrogen (secondary N) is 2. The summed E-state index contributed by atoms with van der Waals surface area (Å²) in [7, 11) is 10.9. The fourth-order valence-electron chi connectivity index (χ4n) is 2.87. The summed E-state index contributed by atoms with van der Waals surface area (Å²) in [4.78, 5) is 38.1. The molecule has 30 heavy (non-hydrogen) atoms. The van der Waals surface area contributed by atoms with Crippen LogP contribution in [0.3, 0.4) is 0 Å². The first-order chi connectivity index (χ1) is 13.8. The molecule has 0 spiro atoms. The third kappa shape index (κ3) is 6.41. The minimum absolute atomic E-state index is 0.0405. The van der Waals surface area contributed by atoms with E-state index >= 15 is 0 Å². The van der Waals surface area contributed by atoms with Crippen LogP contribution in [0.4, 0.5) is 0 Å². The molecule has 12 heteroatoms. The van der Waals surface area contributed by atoms with Gasteiger partial charge in [-0.1, -0.05) is 0 Å². The van der Waals surface area contributed by atoms with Gasteiger partial charge in [-0.15, -0.1) is 0 Å². The van der Waals surface area contributed by atoms with Crippen molar-refractivity contribution in [3.63, 3.8) is 0 Å². The Morgan fingerprint density at radius 2 is 1.17 bits per heavy atom. The number of carboxylic acid groups (broad SMARTS) is 2. The van der Waals surface area contributed by atoms with Gasteiger partial charge in [-0.3, -0.25) is 0 Å². The van der Waals surface area contributed by atoms with Crippen LogP contribution in [0.25, 0.3) is 0 Å². The molecule has 0 saturated heterocycles. The molecule has 2 rings (SSSR count). The zero-order valence-electron chi connectivity index (χ0n) is 18.0. The fraction of sp³-hybridized carbons (Fsp3) is 0.556. The van der Waals surface area contributed by atoms with E-state index in [1.165, 1.54) is 0 Å². The molecule has 10 nitrogen and oxygen atoms in total. The molecule has 166 valence electrons. The zero-order valence-corrected chi connectivity index (χ0v) is 21.4. The standard InChI is InChI=1S/C18H28N6O4Se2/c1-23(2,3)13(17(25)26)7-11-15(21-9-19-11)29-30-16-12(20-10-22-16)8-14(18(27)28)24(4,5)6/h9-10,13-14H,7-8H2,1-6H3,(H2-2,19,20,21,22,25,26,27,28)/t13-,14-/m0/s1. The number of carbonyl (C=O) groups excluding carboxylic acids is 2. The van der Waals surface area contributed by atoms with Crippen LogP contribution in [0.1, 0.15) is 11.4 Å². The van der Waals surface area contributed by atoms with Gasteiger partial charge < -0.3 is 0 Å². The van der Waals surface area contributed by atoms with E-state index < -0.39 is 24.0 Å². The van der Waals surface area contributed by atoms with Crippen LogP contribution >= 0.6 is 0 Å². The Labute approximate surface area is 187 Å². The third-order valence-corrected chi connectivity index (χ3v) is 11.4. The topological polar surface area (TPSA) is 138 Å². The van der Waals surface area contributed by atoms with Crippen LogP contribution in [0, 0.1) is 0 Å². The molecule has 0 aliphatic carbocycles. The SMILES string of the molecule is C[N+](C)(C)[C@@H](Cc1[nH]cnc1[Se][Se]c1nc[nH]c1C[C@@H](C(=O)[O-])[N+](C)(C)C)C(=O)[O-]. The van der Waals surface area contributed by atoms with Crippen LogP contribution < -0.4 is 19.4 Å². The first kappa shape index (κ1) is 24.6. The van der Waals surface area contributed by atoms with Crippen molar-refractivity contribution in [2.45, 2.75) is 24.9 Å². The Hall–Kier alpha value is -1.68. The molecule has 2 heterocycles. The molecule has 0 aliphatic heterocycles. The van der Waals surface area contributed by atoms with Gasteiger partial charge in [0.15, 0.2) is 0 Å². The van der Waals surface area contributed by atoms with Gasteiger partial charge in [0.25, 0.3) is 0 Å². The Bertz CT molecular complexity index is 812. The van der Waals surface area contributed by atoms with Gasteiger partial charge in [-0.2, -0.15) is 0 Å². The first-order valence-corrected chi connectivity index (χ1v) is 15.3. The number of H-pyrrole nitrogens is 2.